The van der Waals surface area contributed by atoms with Crippen molar-refractivity contribution in [1.29, 1.82) is 0 Å². The van der Waals surface area contributed by atoms with E-state index in [0.717, 1.165) is 5.56 Å². The fraction of sp³-hybridized carbons (Fsp3) is 0.0833. The molecule has 1 aromatic carbocycles. The SMILES string of the molecule is ClCc1cnc(/C=C/c2ccccc2)o1. The largest absolute Gasteiger partial charge is 0.441 e. The van der Waals surface area contributed by atoms with Gasteiger partial charge in [0.1, 0.15) is 5.76 Å². The Hall–Kier alpha value is -1.54. The molecule has 0 N–H and O–H groups in total. The second-order valence-electron chi connectivity index (χ2n) is 3.04. The minimum atomic E-state index is 0.353. The molecule has 2 rings (SSSR count). The quantitative estimate of drug-likeness (QED) is 0.738. The third-order valence-corrected chi connectivity index (χ3v) is 2.18. The van der Waals surface area contributed by atoms with Crippen molar-refractivity contribution in [1.82, 2.24) is 4.98 Å². The minimum absolute atomic E-state index is 0.353. The molecule has 2 aromatic rings. The number of hydrogen-bond acceptors (Lipinski definition) is 2. The first-order valence-corrected chi connectivity index (χ1v) is 5.16. The number of hydrogen-bond donors (Lipinski definition) is 0. The van der Waals surface area contributed by atoms with Gasteiger partial charge in [0.25, 0.3) is 0 Å². The van der Waals surface area contributed by atoms with Gasteiger partial charge in [-0.15, -0.1) is 11.6 Å². The highest BCUT2D eigenvalue weighted by molar-refractivity contribution is 6.16. The summed E-state index contributed by atoms with van der Waals surface area (Å²) < 4.78 is 5.32. The molecule has 0 bridgehead atoms. The maximum atomic E-state index is 5.60. The highest BCUT2D eigenvalue weighted by Gasteiger charge is 1.97. The van der Waals surface area contributed by atoms with Crippen molar-refractivity contribution in [3.05, 3.63) is 53.7 Å². The molecule has 0 aliphatic carbocycles. The van der Waals surface area contributed by atoms with Gasteiger partial charge in [-0.1, -0.05) is 30.3 Å². The van der Waals surface area contributed by atoms with Crippen LogP contribution >= 0.6 is 11.6 Å². The highest BCUT2D eigenvalue weighted by atomic mass is 35.5. The summed E-state index contributed by atoms with van der Waals surface area (Å²) in [5.41, 5.74) is 1.11. The standard InChI is InChI=1S/C12H10ClNO/c13-8-11-9-14-12(15-11)7-6-10-4-2-1-3-5-10/h1-7,9H,8H2/b7-6+. The van der Waals surface area contributed by atoms with Crippen LogP contribution in [0, 0.1) is 0 Å². The predicted octanol–water partition coefficient (Wildman–Crippen LogP) is 3.58. The van der Waals surface area contributed by atoms with Crippen LogP contribution < -0.4 is 0 Å². The van der Waals surface area contributed by atoms with E-state index in [9.17, 15) is 0 Å². The van der Waals surface area contributed by atoms with E-state index in [-0.39, 0.29) is 0 Å². The molecule has 0 aliphatic rings. The molecular weight excluding hydrogens is 210 g/mol. The van der Waals surface area contributed by atoms with Crippen molar-refractivity contribution >= 4 is 23.8 Å². The normalized spacial score (nSPS) is 11.0. The lowest BCUT2D eigenvalue weighted by molar-refractivity contribution is 0.512. The molecule has 0 saturated heterocycles. The van der Waals surface area contributed by atoms with E-state index in [1.807, 2.05) is 42.5 Å². The van der Waals surface area contributed by atoms with E-state index in [1.165, 1.54) is 0 Å². The van der Waals surface area contributed by atoms with Gasteiger partial charge in [-0.25, -0.2) is 4.98 Å². The number of oxazole rings is 1. The molecule has 0 radical (unpaired) electrons. The molecule has 76 valence electrons. The van der Waals surface area contributed by atoms with E-state index in [2.05, 4.69) is 4.98 Å². The smallest absolute Gasteiger partial charge is 0.218 e. The summed E-state index contributed by atoms with van der Waals surface area (Å²) in [6, 6.07) is 9.98. The number of nitrogens with zero attached hydrogens (tertiary/aromatic N) is 1. The Bertz CT molecular complexity index is 448. The lowest BCUT2D eigenvalue weighted by Gasteiger charge is -1.89. The summed E-state index contributed by atoms with van der Waals surface area (Å²) in [6.45, 7) is 0. The van der Waals surface area contributed by atoms with Crippen LogP contribution in [0.25, 0.3) is 12.2 Å². The molecule has 0 aliphatic heterocycles. The van der Waals surface area contributed by atoms with Crippen LogP contribution in [0.5, 0.6) is 0 Å². The van der Waals surface area contributed by atoms with Crippen LogP contribution in [0.4, 0.5) is 0 Å². The molecule has 1 heterocycles. The predicted molar refractivity (Wildman–Crippen MR) is 61.4 cm³/mol. The Kier molecular flexibility index (Phi) is 3.20. The number of aromatic nitrogens is 1. The van der Waals surface area contributed by atoms with E-state index >= 15 is 0 Å². The van der Waals surface area contributed by atoms with Crippen LogP contribution in [0.1, 0.15) is 17.2 Å². The van der Waals surface area contributed by atoms with E-state index in [4.69, 9.17) is 16.0 Å². The molecule has 0 spiro atoms. The number of benzene rings is 1. The van der Waals surface area contributed by atoms with E-state index in [0.29, 0.717) is 17.5 Å². The van der Waals surface area contributed by atoms with Crippen LogP contribution in [0.3, 0.4) is 0 Å². The van der Waals surface area contributed by atoms with Crippen molar-refractivity contribution in [3.8, 4) is 0 Å². The van der Waals surface area contributed by atoms with E-state index < -0.39 is 0 Å². The van der Waals surface area contributed by atoms with Gasteiger partial charge in [-0.2, -0.15) is 0 Å². The molecule has 3 heteroatoms. The van der Waals surface area contributed by atoms with Gasteiger partial charge in [0, 0.05) is 6.08 Å². The van der Waals surface area contributed by atoms with Gasteiger partial charge in [0.15, 0.2) is 0 Å². The van der Waals surface area contributed by atoms with Crippen LogP contribution in [-0.4, -0.2) is 4.98 Å². The van der Waals surface area contributed by atoms with Crippen molar-refractivity contribution in [2.75, 3.05) is 0 Å². The third kappa shape index (κ3) is 2.70. The van der Waals surface area contributed by atoms with Gasteiger partial charge in [0.2, 0.25) is 5.89 Å². The molecule has 0 unspecified atom stereocenters. The molecule has 0 atom stereocenters. The molecule has 0 amide bonds. The second kappa shape index (κ2) is 4.80. The Morgan fingerprint density at radius 1 is 1.20 bits per heavy atom. The van der Waals surface area contributed by atoms with Crippen LogP contribution in [0.2, 0.25) is 0 Å². The Morgan fingerprint density at radius 2 is 2.00 bits per heavy atom. The molecule has 0 fully saturated rings. The monoisotopic (exact) mass is 219 g/mol. The Labute approximate surface area is 93.2 Å². The van der Waals surface area contributed by atoms with Crippen LogP contribution in [0.15, 0.2) is 40.9 Å². The first-order valence-electron chi connectivity index (χ1n) is 4.62. The summed E-state index contributed by atoms with van der Waals surface area (Å²) in [5, 5.41) is 0. The number of halogens is 1. The average molecular weight is 220 g/mol. The van der Waals surface area contributed by atoms with Crippen molar-refractivity contribution in [2.24, 2.45) is 0 Å². The average Bonchev–Trinajstić information content (AvgIpc) is 2.76. The molecule has 2 nitrogen and oxygen atoms in total. The fourth-order valence-electron chi connectivity index (χ4n) is 1.19. The minimum Gasteiger partial charge on any atom is -0.441 e. The highest BCUT2D eigenvalue weighted by Crippen LogP contribution is 2.10. The van der Waals surface area contributed by atoms with E-state index in [1.54, 1.807) is 6.20 Å². The molecule has 1 aromatic heterocycles. The van der Waals surface area contributed by atoms with Gasteiger partial charge in [0.05, 0.1) is 12.1 Å². The van der Waals surface area contributed by atoms with Gasteiger partial charge < -0.3 is 4.42 Å². The van der Waals surface area contributed by atoms with Gasteiger partial charge in [-0.3, -0.25) is 0 Å². The van der Waals surface area contributed by atoms with Crippen molar-refractivity contribution in [3.63, 3.8) is 0 Å². The number of alkyl halides is 1. The fourth-order valence-corrected chi connectivity index (χ4v) is 1.32. The molecule has 0 saturated carbocycles. The molecular formula is C12H10ClNO. The first-order chi connectivity index (χ1) is 7.38. The maximum absolute atomic E-state index is 5.60. The first kappa shape index (κ1) is 9.99. The Morgan fingerprint density at radius 3 is 2.67 bits per heavy atom. The number of rotatable bonds is 3. The zero-order valence-electron chi connectivity index (χ0n) is 8.06. The third-order valence-electron chi connectivity index (χ3n) is 1.92. The topological polar surface area (TPSA) is 26.0 Å². The molecule has 15 heavy (non-hydrogen) atoms. The lowest BCUT2D eigenvalue weighted by atomic mass is 10.2. The van der Waals surface area contributed by atoms with Crippen LogP contribution in [-0.2, 0) is 5.88 Å². The summed E-state index contributed by atoms with van der Waals surface area (Å²) in [5.74, 6) is 1.62. The summed E-state index contributed by atoms with van der Waals surface area (Å²) in [4.78, 5) is 4.06. The lowest BCUT2D eigenvalue weighted by Crippen LogP contribution is -1.70. The summed E-state index contributed by atoms with van der Waals surface area (Å²) >= 11 is 5.60. The van der Waals surface area contributed by atoms with Crippen molar-refractivity contribution in [2.45, 2.75) is 5.88 Å². The second-order valence-corrected chi connectivity index (χ2v) is 3.31. The van der Waals surface area contributed by atoms with Gasteiger partial charge >= 0.3 is 0 Å². The summed E-state index contributed by atoms with van der Waals surface area (Å²) in [6.07, 6.45) is 5.41. The van der Waals surface area contributed by atoms with Gasteiger partial charge in [-0.05, 0) is 11.6 Å². The maximum Gasteiger partial charge on any atom is 0.218 e. The zero-order valence-corrected chi connectivity index (χ0v) is 8.82. The zero-order chi connectivity index (χ0) is 10.5. The summed E-state index contributed by atoms with van der Waals surface area (Å²) in [7, 11) is 0. The Balaban J connectivity index is 2.11. The van der Waals surface area contributed by atoms with Crippen molar-refractivity contribution < 1.29 is 4.42 Å².